The van der Waals surface area contributed by atoms with Crippen LogP contribution in [-0.4, -0.2) is 5.11 Å². The van der Waals surface area contributed by atoms with E-state index in [1.165, 1.54) is 12.1 Å². The lowest BCUT2D eigenvalue weighted by Gasteiger charge is -2.08. The number of halogens is 1. The van der Waals surface area contributed by atoms with Gasteiger partial charge in [0.05, 0.1) is 0 Å². The summed E-state index contributed by atoms with van der Waals surface area (Å²) < 4.78 is 12.8. The third-order valence-electron chi connectivity index (χ3n) is 2.67. The Bertz CT molecular complexity index is 492. The Kier molecular flexibility index (Phi) is 2.65. The van der Waals surface area contributed by atoms with Crippen LogP contribution in [0.4, 0.5) is 4.39 Å². The summed E-state index contributed by atoms with van der Waals surface area (Å²) in [4.78, 5) is 0. The molecule has 16 heavy (non-hydrogen) atoms. The van der Waals surface area contributed by atoms with Crippen LogP contribution in [0.1, 0.15) is 11.1 Å². The monoisotopic (exact) mass is 216 g/mol. The molecular formula is C14H13FO. The molecule has 0 aromatic heterocycles. The first kappa shape index (κ1) is 10.7. The van der Waals surface area contributed by atoms with Crippen LogP contribution in [0.3, 0.4) is 0 Å². The summed E-state index contributed by atoms with van der Waals surface area (Å²) in [6.07, 6.45) is 0. The first-order valence-corrected chi connectivity index (χ1v) is 5.14. The van der Waals surface area contributed by atoms with E-state index in [-0.39, 0.29) is 5.82 Å². The van der Waals surface area contributed by atoms with E-state index >= 15 is 0 Å². The minimum Gasteiger partial charge on any atom is -0.507 e. The molecule has 0 atom stereocenters. The maximum absolute atomic E-state index is 12.8. The Morgan fingerprint density at radius 3 is 1.88 bits per heavy atom. The van der Waals surface area contributed by atoms with E-state index in [1.807, 2.05) is 26.0 Å². The molecule has 1 N–H and O–H groups in total. The van der Waals surface area contributed by atoms with E-state index < -0.39 is 0 Å². The van der Waals surface area contributed by atoms with Gasteiger partial charge in [0.15, 0.2) is 0 Å². The van der Waals surface area contributed by atoms with Crippen LogP contribution in [0.5, 0.6) is 5.75 Å². The summed E-state index contributed by atoms with van der Waals surface area (Å²) in [5.74, 6) is 0.0850. The number of benzene rings is 2. The van der Waals surface area contributed by atoms with Gasteiger partial charge in [-0.25, -0.2) is 4.39 Å². The fraction of sp³-hybridized carbons (Fsp3) is 0.143. The number of aromatic hydroxyl groups is 1. The SMILES string of the molecule is Cc1cc(-c2ccc(F)cc2)cc(C)c1O. The maximum atomic E-state index is 12.8. The molecule has 0 unspecified atom stereocenters. The molecule has 0 saturated carbocycles. The quantitative estimate of drug-likeness (QED) is 0.768. The van der Waals surface area contributed by atoms with Crippen molar-refractivity contribution in [3.05, 3.63) is 53.3 Å². The van der Waals surface area contributed by atoms with Crippen molar-refractivity contribution >= 4 is 0 Å². The molecule has 2 rings (SSSR count). The van der Waals surface area contributed by atoms with Gasteiger partial charge in [0.1, 0.15) is 11.6 Å². The van der Waals surface area contributed by atoms with Crippen molar-refractivity contribution in [2.75, 3.05) is 0 Å². The molecule has 0 amide bonds. The Balaban J connectivity index is 2.52. The average Bonchev–Trinajstić information content (AvgIpc) is 2.26. The fourth-order valence-electron chi connectivity index (χ4n) is 1.76. The average molecular weight is 216 g/mol. The lowest BCUT2D eigenvalue weighted by molar-refractivity contribution is 0.467. The van der Waals surface area contributed by atoms with Gasteiger partial charge in [-0.15, -0.1) is 0 Å². The van der Waals surface area contributed by atoms with Gasteiger partial charge in [0.2, 0.25) is 0 Å². The molecule has 82 valence electrons. The number of hydrogen-bond acceptors (Lipinski definition) is 1. The first-order chi connectivity index (χ1) is 7.58. The van der Waals surface area contributed by atoms with Crippen molar-refractivity contribution in [1.29, 1.82) is 0 Å². The largest absolute Gasteiger partial charge is 0.507 e. The molecule has 0 aliphatic rings. The first-order valence-electron chi connectivity index (χ1n) is 5.14. The second-order valence-electron chi connectivity index (χ2n) is 3.97. The molecule has 0 fully saturated rings. The van der Waals surface area contributed by atoms with E-state index in [0.717, 1.165) is 22.3 Å². The summed E-state index contributed by atoms with van der Waals surface area (Å²) in [7, 11) is 0. The van der Waals surface area contributed by atoms with Crippen LogP contribution >= 0.6 is 0 Å². The van der Waals surface area contributed by atoms with Crippen LogP contribution in [-0.2, 0) is 0 Å². The molecule has 0 bridgehead atoms. The zero-order chi connectivity index (χ0) is 11.7. The maximum Gasteiger partial charge on any atom is 0.123 e. The Labute approximate surface area is 94.2 Å². The second kappa shape index (κ2) is 3.97. The van der Waals surface area contributed by atoms with Crippen molar-refractivity contribution in [3.63, 3.8) is 0 Å². The number of phenols is 1. The Hall–Kier alpha value is -1.83. The standard InChI is InChI=1S/C14H13FO/c1-9-7-12(8-10(2)14(9)16)11-3-5-13(15)6-4-11/h3-8,16H,1-2H3. The number of rotatable bonds is 1. The normalized spacial score (nSPS) is 10.4. The van der Waals surface area contributed by atoms with E-state index in [9.17, 15) is 9.50 Å². The summed E-state index contributed by atoms with van der Waals surface area (Å²) in [6, 6.07) is 10.1. The number of aryl methyl sites for hydroxylation is 2. The Morgan fingerprint density at radius 2 is 1.38 bits per heavy atom. The van der Waals surface area contributed by atoms with Crippen molar-refractivity contribution in [2.45, 2.75) is 13.8 Å². The van der Waals surface area contributed by atoms with Crippen LogP contribution in [0.15, 0.2) is 36.4 Å². The predicted molar refractivity (Wildman–Crippen MR) is 63.0 cm³/mol. The smallest absolute Gasteiger partial charge is 0.123 e. The van der Waals surface area contributed by atoms with Gasteiger partial charge < -0.3 is 5.11 Å². The van der Waals surface area contributed by atoms with E-state index in [4.69, 9.17) is 0 Å². The van der Waals surface area contributed by atoms with Crippen molar-refractivity contribution in [3.8, 4) is 16.9 Å². The fourth-order valence-corrected chi connectivity index (χ4v) is 1.76. The highest BCUT2D eigenvalue weighted by molar-refractivity contribution is 5.67. The number of hydrogen-bond donors (Lipinski definition) is 1. The van der Waals surface area contributed by atoms with Crippen LogP contribution in [0.2, 0.25) is 0 Å². The lowest BCUT2D eigenvalue weighted by Crippen LogP contribution is -1.85. The van der Waals surface area contributed by atoms with Crippen LogP contribution < -0.4 is 0 Å². The van der Waals surface area contributed by atoms with E-state index in [0.29, 0.717) is 5.75 Å². The predicted octanol–water partition coefficient (Wildman–Crippen LogP) is 3.82. The van der Waals surface area contributed by atoms with Crippen molar-refractivity contribution in [1.82, 2.24) is 0 Å². The molecule has 0 aliphatic heterocycles. The van der Waals surface area contributed by atoms with Gasteiger partial charge in [-0.3, -0.25) is 0 Å². The molecule has 0 saturated heterocycles. The molecule has 0 spiro atoms. The summed E-state index contributed by atoms with van der Waals surface area (Å²) in [5.41, 5.74) is 3.61. The molecular weight excluding hydrogens is 203 g/mol. The minimum atomic E-state index is -0.240. The molecule has 1 nitrogen and oxygen atoms in total. The van der Waals surface area contributed by atoms with Gasteiger partial charge in [-0.05, 0) is 60.4 Å². The van der Waals surface area contributed by atoms with Gasteiger partial charge >= 0.3 is 0 Å². The zero-order valence-electron chi connectivity index (χ0n) is 9.29. The van der Waals surface area contributed by atoms with Crippen LogP contribution in [0.25, 0.3) is 11.1 Å². The van der Waals surface area contributed by atoms with Crippen LogP contribution in [0, 0.1) is 19.7 Å². The van der Waals surface area contributed by atoms with Crippen molar-refractivity contribution < 1.29 is 9.50 Å². The molecule has 0 aliphatic carbocycles. The van der Waals surface area contributed by atoms with Gasteiger partial charge in [0.25, 0.3) is 0 Å². The van der Waals surface area contributed by atoms with E-state index in [1.54, 1.807) is 12.1 Å². The molecule has 0 radical (unpaired) electrons. The Morgan fingerprint density at radius 1 is 0.875 bits per heavy atom. The van der Waals surface area contributed by atoms with Gasteiger partial charge in [-0.1, -0.05) is 12.1 Å². The molecule has 2 aromatic rings. The third-order valence-corrected chi connectivity index (χ3v) is 2.67. The highest BCUT2D eigenvalue weighted by Gasteiger charge is 2.05. The second-order valence-corrected chi connectivity index (χ2v) is 3.97. The molecule has 2 aromatic carbocycles. The minimum absolute atomic E-state index is 0.240. The summed E-state index contributed by atoms with van der Waals surface area (Å²) in [5, 5.41) is 9.66. The highest BCUT2D eigenvalue weighted by atomic mass is 19.1. The lowest BCUT2D eigenvalue weighted by atomic mass is 10.00. The summed E-state index contributed by atoms with van der Waals surface area (Å²) in [6.45, 7) is 3.71. The molecule has 0 heterocycles. The zero-order valence-corrected chi connectivity index (χ0v) is 9.29. The molecule has 2 heteroatoms. The third kappa shape index (κ3) is 1.91. The van der Waals surface area contributed by atoms with Gasteiger partial charge in [0, 0.05) is 0 Å². The van der Waals surface area contributed by atoms with Crippen molar-refractivity contribution in [2.24, 2.45) is 0 Å². The summed E-state index contributed by atoms with van der Waals surface area (Å²) >= 11 is 0. The topological polar surface area (TPSA) is 20.2 Å². The van der Waals surface area contributed by atoms with Gasteiger partial charge in [-0.2, -0.15) is 0 Å². The van der Waals surface area contributed by atoms with E-state index in [2.05, 4.69) is 0 Å². The highest BCUT2D eigenvalue weighted by Crippen LogP contribution is 2.28. The number of phenolic OH excluding ortho intramolecular Hbond substituents is 1.